The molecule has 3 rings (SSSR count). The normalized spacial score (nSPS) is 10.6. The van der Waals surface area contributed by atoms with E-state index < -0.39 is 27.1 Å². The van der Waals surface area contributed by atoms with Gasteiger partial charge in [-0.2, -0.15) is 0 Å². The second-order valence-corrected chi connectivity index (χ2v) is 6.72. The van der Waals surface area contributed by atoms with E-state index in [-0.39, 0.29) is 16.3 Å². The van der Waals surface area contributed by atoms with Gasteiger partial charge in [0.05, 0.1) is 32.2 Å². The molecule has 0 aliphatic heterocycles. The summed E-state index contributed by atoms with van der Waals surface area (Å²) >= 11 is 1.19. The maximum Gasteiger partial charge on any atom is 0.279 e. The summed E-state index contributed by atoms with van der Waals surface area (Å²) in [6, 6.07) is 7.31. The van der Waals surface area contributed by atoms with Gasteiger partial charge < -0.3 is 4.74 Å². The van der Waals surface area contributed by atoms with E-state index in [1.165, 1.54) is 18.3 Å². The van der Waals surface area contributed by atoms with E-state index in [0.29, 0.717) is 17.9 Å². The molecule has 0 saturated carbocycles. The molecule has 0 radical (unpaired) electrons. The summed E-state index contributed by atoms with van der Waals surface area (Å²) in [5, 5.41) is 25.1. The number of fused-ring (bicyclic) bond motifs is 1. The van der Waals surface area contributed by atoms with Crippen LogP contribution >= 0.6 is 11.3 Å². The topological polar surface area (TPSA) is 138 Å². The van der Waals surface area contributed by atoms with Crippen LogP contribution in [0.15, 0.2) is 30.3 Å². The number of anilines is 1. The van der Waals surface area contributed by atoms with Gasteiger partial charge in [0.2, 0.25) is 0 Å². The minimum absolute atomic E-state index is 0.116. The maximum atomic E-state index is 12.5. The summed E-state index contributed by atoms with van der Waals surface area (Å²) in [7, 11) is 0. The summed E-state index contributed by atoms with van der Waals surface area (Å²) in [4.78, 5) is 37.6. The Morgan fingerprint density at radius 1 is 1.18 bits per heavy atom. The minimum atomic E-state index is -0.758. The monoisotopic (exact) mass is 402 g/mol. The first kappa shape index (κ1) is 19.2. The second-order valence-electron chi connectivity index (χ2n) is 5.69. The van der Waals surface area contributed by atoms with Gasteiger partial charge >= 0.3 is 0 Å². The zero-order valence-corrected chi connectivity index (χ0v) is 15.6. The third-order valence-electron chi connectivity index (χ3n) is 3.90. The first-order valence-corrected chi connectivity index (χ1v) is 8.90. The molecule has 1 heterocycles. The average Bonchev–Trinajstić information content (AvgIpc) is 3.03. The zero-order valence-electron chi connectivity index (χ0n) is 14.8. The van der Waals surface area contributed by atoms with Crippen molar-refractivity contribution < 1.29 is 19.4 Å². The Bertz CT molecular complexity index is 1080. The molecule has 0 spiro atoms. The van der Waals surface area contributed by atoms with Crippen molar-refractivity contribution in [3.05, 3.63) is 61.7 Å². The van der Waals surface area contributed by atoms with Gasteiger partial charge in [-0.05, 0) is 32.0 Å². The summed E-state index contributed by atoms with van der Waals surface area (Å²) in [5.74, 6) is -0.0587. The number of hydrogen-bond donors (Lipinski definition) is 1. The molecule has 0 aliphatic rings. The van der Waals surface area contributed by atoms with Crippen molar-refractivity contribution in [2.75, 3.05) is 11.9 Å². The molecule has 10 nitrogen and oxygen atoms in total. The number of nitrogens with zero attached hydrogens (tertiary/aromatic N) is 3. The van der Waals surface area contributed by atoms with E-state index in [0.717, 1.165) is 16.8 Å². The molecule has 1 aromatic heterocycles. The molecule has 0 bridgehead atoms. The zero-order chi connectivity index (χ0) is 20.4. The van der Waals surface area contributed by atoms with Crippen LogP contribution in [0.5, 0.6) is 5.75 Å². The molecule has 1 N–H and O–H groups in total. The van der Waals surface area contributed by atoms with Crippen molar-refractivity contribution in [1.29, 1.82) is 0 Å². The number of hydrogen-bond acceptors (Lipinski definition) is 8. The van der Waals surface area contributed by atoms with E-state index in [1.54, 1.807) is 18.2 Å². The molecular formula is C17H14N4O6S. The predicted octanol–water partition coefficient (Wildman–Crippen LogP) is 4.07. The first-order chi connectivity index (χ1) is 13.3. The smallest absolute Gasteiger partial charge is 0.279 e. The first-order valence-electron chi connectivity index (χ1n) is 8.08. The Morgan fingerprint density at radius 2 is 1.82 bits per heavy atom. The SMILES string of the molecule is CCOc1ccc2nc(NC(=O)c3cc([N+](=O)[O-])c(C)c([N+](=O)[O-])c3)sc2c1. The lowest BCUT2D eigenvalue weighted by Gasteiger charge is -2.04. The van der Waals surface area contributed by atoms with E-state index >= 15 is 0 Å². The van der Waals surface area contributed by atoms with Crippen LogP contribution < -0.4 is 10.1 Å². The Hall–Kier alpha value is -3.60. The molecule has 0 unspecified atom stereocenters. The third kappa shape index (κ3) is 3.74. The fourth-order valence-corrected chi connectivity index (χ4v) is 3.47. The number of ether oxygens (including phenoxy) is 1. The highest BCUT2D eigenvalue weighted by Gasteiger charge is 2.25. The van der Waals surface area contributed by atoms with Crippen LogP contribution in [0.3, 0.4) is 0 Å². The van der Waals surface area contributed by atoms with Crippen LogP contribution in [0.4, 0.5) is 16.5 Å². The molecular weight excluding hydrogens is 388 g/mol. The van der Waals surface area contributed by atoms with E-state index in [4.69, 9.17) is 4.74 Å². The molecule has 28 heavy (non-hydrogen) atoms. The highest BCUT2D eigenvalue weighted by Crippen LogP contribution is 2.32. The van der Waals surface area contributed by atoms with Crippen LogP contribution in [0.2, 0.25) is 0 Å². The van der Waals surface area contributed by atoms with Crippen molar-refractivity contribution in [3.63, 3.8) is 0 Å². The summed E-state index contributed by atoms with van der Waals surface area (Å²) in [6.45, 7) is 3.64. The molecule has 0 aliphatic carbocycles. The molecule has 1 amide bonds. The lowest BCUT2D eigenvalue weighted by molar-refractivity contribution is -0.395. The number of benzene rings is 2. The summed E-state index contributed by atoms with van der Waals surface area (Å²) in [5.41, 5.74) is -0.659. The van der Waals surface area contributed by atoms with Crippen LogP contribution in [-0.2, 0) is 0 Å². The number of carbonyl (C=O) groups excluding carboxylic acids is 1. The van der Waals surface area contributed by atoms with Crippen molar-refractivity contribution in [2.45, 2.75) is 13.8 Å². The third-order valence-corrected chi connectivity index (χ3v) is 4.83. The van der Waals surface area contributed by atoms with Gasteiger partial charge in [-0.1, -0.05) is 11.3 Å². The fourth-order valence-electron chi connectivity index (χ4n) is 2.58. The van der Waals surface area contributed by atoms with Gasteiger partial charge in [0.25, 0.3) is 17.3 Å². The fraction of sp³-hybridized carbons (Fsp3) is 0.176. The molecule has 0 atom stereocenters. The number of thiazole rings is 1. The Morgan fingerprint density at radius 3 is 2.39 bits per heavy atom. The van der Waals surface area contributed by atoms with E-state index in [2.05, 4.69) is 10.3 Å². The highest BCUT2D eigenvalue weighted by atomic mass is 32.1. The van der Waals surface area contributed by atoms with Crippen molar-refractivity contribution >= 4 is 44.0 Å². The molecule has 0 fully saturated rings. The van der Waals surface area contributed by atoms with Gasteiger partial charge in [-0.3, -0.25) is 30.3 Å². The quantitative estimate of drug-likeness (QED) is 0.484. The van der Waals surface area contributed by atoms with Gasteiger partial charge in [-0.15, -0.1) is 0 Å². The van der Waals surface area contributed by atoms with Gasteiger partial charge in [0.1, 0.15) is 11.3 Å². The molecule has 2 aromatic carbocycles. The lowest BCUT2D eigenvalue weighted by Crippen LogP contribution is -2.13. The standard InChI is InChI=1S/C17H14N4O6S/c1-3-27-11-4-5-12-15(8-11)28-17(18-12)19-16(22)10-6-13(20(23)24)9(2)14(7-10)21(25)26/h4-8H,3H2,1-2H3,(H,18,19,22). The highest BCUT2D eigenvalue weighted by molar-refractivity contribution is 7.22. The maximum absolute atomic E-state index is 12.5. The summed E-state index contributed by atoms with van der Waals surface area (Å²) in [6.07, 6.45) is 0. The van der Waals surface area contributed by atoms with Crippen LogP contribution in [-0.4, -0.2) is 27.3 Å². The Labute approximate surface area is 162 Å². The number of nitro benzene ring substituents is 2. The molecule has 3 aromatic rings. The van der Waals surface area contributed by atoms with E-state index in [9.17, 15) is 25.0 Å². The molecule has 11 heteroatoms. The van der Waals surface area contributed by atoms with Gasteiger partial charge in [0.15, 0.2) is 5.13 Å². The predicted molar refractivity (Wildman–Crippen MR) is 103 cm³/mol. The number of carbonyl (C=O) groups is 1. The minimum Gasteiger partial charge on any atom is -0.494 e. The Kier molecular flexibility index (Phi) is 5.18. The van der Waals surface area contributed by atoms with E-state index in [1.807, 2.05) is 6.92 Å². The molecule has 144 valence electrons. The number of amides is 1. The molecule has 0 saturated heterocycles. The number of nitro groups is 2. The van der Waals surface area contributed by atoms with Crippen molar-refractivity contribution in [2.24, 2.45) is 0 Å². The Balaban J connectivity index is 1.93. The van der Waals surface area contributed by atoms with Gasteiger partial charge in [-0.25, -0.2) is 4.98 Å². The largest absolute Gasteiger partial charge is 0.494 e. The van der Waals surface area contributed by atoms with Crippen LogP contribution in [0, 0.1) is 27.2 Å². The number of aromatic nitrogens is 1. The van der Waals surface area contributed by atoms with Crippen LogP contribution in [0.25, 0.3) is 10.2 Å². The number of nitrogens with one attached hydrogen (secondary N) is 1. The van der Waals surface area contributed by atoms with Crippen molar-refractivity contribution in [1.82, 2.24) is 4.98 Å². The van der Waals surface area contributed by atoms with Gasteiger partial charge in [0, 0.05) is 12.1 Å². The number of rotatable bonds is 6. The average molecular weight is 402 g/mol. The van der Waals surface area contributed by atoms with Crippen LogP contribution in [0.1, 0.15) is 22.8 Å². The lowest BCUT2D eigenvalue weighted by atomic mass is 10.1. The summed E-state index contributed by atoms with van der Waals surface area (Å²) < 4.78 is 6.20. The second kappa shape index (κ2) is 7.56. The van der Waals surface area contributed by atoms with Crippen molar-refractivity contribution in [3.8, 4) is 5.75 Å².